The van der Waals surface area contributed by atoms with Crippen molar-refractivity contribution in [2.45, 2.75) is 58.5 Å². The fourth-order valence-electron chi connectivity index (χ4n) is 2.60. The van der Waals surface area contributed by atoms with Crippen molar-refractivity contribution in [1.82, 2.24) is 0 Å². The number of carbonyl (C=O) groups is 1. The van der Waals surface area contributed by atoms with Gasteiger partial charge in [-0.3, -0.25) is 4.79 Å². The number of hydrogen-bond donors (Lipinski definition) is 1. The summed E-state index contributed by atoms with van der Waals surface area (Å²) in [4.78, 5) is 12.1. The second-order valence-electron chi connectivity index (χ2n) is 5.34. The summed E-state index contributed by atoms with van der Waals surface area (Å²) in [5.74, 6) is 0.202. The van der Waals surface area contributed by atoms with E-state index in [2.05, 4.69) is 13.8 Å². The van der Waals surface area contributed by atoms with E-state index in [0.717, 1.165) is 38.5 Å². The molecule has 0 aromatic heterocycles. The molecule has 0 saturated heterocycles. The number of carbonyl (C=O) groups excluding carboxylic acids is 1. The van der Waals surface area contributed by atoms with Crippen molar-refractivity contribution in [3.05, 3.63) is 0 Å². The van der Waals surface area contributed by atoms with E-state index in [1.807, 2.05) is 0 Å². The molecule has 1 aliphatic carbocycles. The Morgan fingerprint density at radius 3 is 2.58 bits per heavy atom. The zero-order chi connectivity index (χ0) is 14.1. The Bertz CT molecular complexity index is 251. The van der Waals surface area contributed by atoms with Gasteiger partial charge in [-0.15, -0.1) is 0 Å². The van der Waals surface area contributed by atoms with Crippen LogP contribution in [-0.4, -0.2) is 37.0 Å². The molecule has 0 spiro atoms. The second kappa shape index (κ2) is 9.32. The Labute approximate surface area is 116 Å². The summed E-state index contributed by atoms with van der Waals surface area (Å²) in [7, 11) is 0. The van der Waals surface area contributed by atoms with E-state index >= 15 is 0 Å². The summed E-state index contributed by atoms with van der Waals surface area (Å²) in [5.41, 5.74) is 0. The van der Waals surface area contributed by atoms with Gasteiger partial charge in [-0.2, -0.15) is 0 Å². The van der Waals surface area contributed by atoms with Gasteiger partial charge in [0.25, 0.3) is 0 Å². The molecule has 2 atom stereocenters. The molecule has 112 valence electrons. The van der Waals surface area contributed by atoms with Crippen LogP contribution in [0.4, 0.5) is 0 Å². The first kappa shape index (κ1) is 16.4. The lowest BCUT2D eigenvalue weighted by atomic mass is 9.86. The Morgan fingerprint density at radius 1 is 1.26 bits per heavy atom. The van der Waals surface area contributed by atoms with Gasteiger partial charge in [-0.25, -0.2) is 0 Å². The zero-order valence-electron chi connectivity index (χ0n) is 12.3. The number of esters is 1. The van der Waals surface area contributed by atoms with Gasteiger partial charge < -0.3 is 14.6 Å². The molecule has 1 saturated carbocycles. The number of ether oxygens (including phenoxy) is 2. The van der Waals surface area contributed by atoms with Crippen LogP contribution < -0.4 is 0 Å². The Balaban J connectivity index is 2.42. The van der Waals surface area contributed by atoms with Crippen LogP contribution in [0.5, 0.6) is 0 Å². The summed E-state index contributed by atoms with van der Waals surface area (Å²) in [6.07, 6.45) is 5.89. The van der Waals surface area contributed by atoms with E-state index in [1.165, 1.54) is 0 Å². The first-order valence-corrected chi connectivity index (χ1v) is 7.61. The van der Waals surface area contributed by atoms with E-state index in [0.29, 0.717) is 19.1 Å². The minimum Gasteiger partial charge on any atom is -0.465 e. The highest BCUT2D eigenvalue weighted by molar-refractivity contribution is 5.73. The molecule has 1 N–H and O–H groups in total. The molecule has 0 amide bonds. The first-order chi connectivity index (χ1) is 9.22. The Kier molecular flexibility index (Phi) is 8.07. The van der Waals surface area contributed by atoms with Crippen molar-refractivity contribution < 1.29 is 19.4 Å². The first-order valence-electron chi connectivity index (χ1n) is 7.61. The van der Waals surface area contributed by atoms with E-state index in [4.69, 9.17) is 14.6 Å². The number of aliphatic hydroxyl groups excluding tert-OH is 1. The highest BCUT2D eigenvalue weighted by Crippen LogP contribution is 2.28. The smallest absolute Gasteiger partial charge is 0.311 e. The molecule has 1 fully saturated rings. The third-order valence-corrected chi connectivity index (χ3v) is 4.04. The standard InChI is InChI=1S/C15H28O4/c1-3-12(4-2)11-19-15(17)13-7-5-6-8-14(13)18-10-9-16/h12-14,16H,3-11H2,1-2H3. The van der Waals surface area contributed by atoms with Gasteiger partial charge in [0.05, 0.1) is 31.8 Å². The van der Waals surface area contributed by atoms with Crippen LogP contribution in [0.25, 0.3) is 0 Å². The van der Waals surface area contributed by atoms with Crippen molar-refractivity contribution in [3.8, 4) is 0 Å². The lowest BCUT2D eigenvalue weighted by Crippen LogP contribution is -2.36. The summed E-state index contributed by atoms with van der Waals surface area (Å²) < 4.78 is 11.0. The molecule has 0 aromatic carbocycles. The Hall–Kier alpha value is -0.610. The second-order valence-corrected chi connectivity index (χ2v) is 5.34. The summed E-state index contributed by atoms with van der Waals surface area (Å²) >= 11 is 0. The lowest BCUT2D eigenvalue weighted by molar-refractivity contribution is -0.158. The molecular weight excluding hydrogens is 244 g/mol. The van der Waals surface area contributed by atoms with Gasteiger partial charge in [0.2, 0.25) is 0 Å². The molecule has 0 radical (unpaired) electrons. The van der Waals surface area contributed by atoms with Crippen LogP contribution >= 0.6 is 0 Å². The van der Waals surface area contributed by atoms with Gasteiger partial charge in [-0.05, 0) is 18.8 Å². The van der Waals surface area contributed by atoms with E-state index in [1.54, 1.807) is 0 Å². The highest BCUT2D eigenvalue weighted by atomic mass is 16.5. The minimum absolute atomic E-state index is 0.00596. The van der Waals surface area contributed by atoms with Crippen LogP contribution in [0, 0.1) is 11.8 Å². The summed E-state index contributed by atoms with van der Waals surface area (Å²) in [6, 6.07) is 0. The maximum Gasteiger partial charge on any atom is 0.311 e. The van der Waals surface area contributed by atoms with Crippen molar-refractivity contribution in [2.75, 3.05) is 19.8 Å². The fourth-order valence-corrected chi connectivity index (χ4v) is 2.60. The van der Waals surface area contributed by atoms with Gasteiger partial charge in [0, 0.05) is 0 Å². The maximum absolute atomic E-state index is 12.1. The third kappa shape index (κ3) is 5.49. The predicted octanol–water partition coefficient (Wildman–Crippen LogP) is 2.53. The van der Waals surface area contributed by atoms with Crippen LogP contribution in [0.1, 0.15) is 52.4 Å². The van der Waals surface area contributed by atoms with Crippen molar-refractivity contribution in [2.24, 2.45) is 11.8 Å². The fraction of sp³-hybridized carbons (Fsp3) is 0.933. The van der Waals surface area contributed by atoms with Gasteiger partial charge in [0.15, 0.2) is 0 Å². The number of aliphatic hydroxyl groups is 1. The van der Waals surface area contributed by atoms with Gasteiger partial charge in [-0.1, -0.05) is 39.5 Å². The Morgan fingerprint density at radius 2 is 1.95 bits per heavy atom. The topological polar surface area (TPSA) is 55.8 Å². The average molecular weight is 272 g/mol. The van der Waals surface area contributed by atoms with Crippen LogP contribution in [0.3, 0.4) is 0 Å². The maximum atomic E-state index is 12.1. The van der Waals surface area contributed by atoms with Crippen molar-refractivity contribution >= 4 is 5.97 Å². The largest absolute Gasteiger partial charge is 0.465 e. The lowest BCUT2D eigenvalue weighted by Gasteiger charge is -2.30. The van der Waals surface area contributed by atoms with Crippen LogP contribution in [-0.2, 0) is 14.3 Å². The number of rotatable bonds is 8. The molecule has 1 rings (SSSR count). The van der Waals surface area contributed by atoms with E-state index in [-0.39, 0.29) is 24.6 Å². The molecule has 19 heavy (non-hydrogen) atoms. The normalized spacial score (nSPS) is 23.6. The molecule has 4 nitrogen and oxygen atoms in total. The molecule has 2 unspecified atom stereocenters. The SMILES string of the molecule is CCC(CC)COC(=O)C1CCCCC1OCCO. The monoisotopic (exact) mass is 272 g/mol. The molecule has 4 heteroatoms. The van der Waals surface area contributed by atoms with Crippen molar-refractivity contribution in [3.63, 3.8) is 0 Å². The molecule has 0 heterocycles. The van der Waals surface area contributed by atoms with Gasteiger partial charge in [0.1, 0.15) is 0 Å². The predicted molar refractivity (Wildman–Crippen MR) is 73.8 cm³/mol. The average Bonchev–Trinajstić information content (AvgIpc) is 2.46. The molecule has 0 aromatic rings. The molecule has 0 aliphatic heterocycles. The summed E-state index contributed by atoms with van der Waals surface area (Å²) in [6.45, 7) is 5.08. The van der Waals surface area contributed by atoms with Crippen molar-refractivity contribution in [1.29, 1.82) is 0 Å². The third-order valence-electron chi connectivity index (χ3n) is 4.04. The quantitative estimate of drug-likeness (QED) is 0.690. The summed E-state index contributed by atoms with van der Waals surface area (Å²) in [5, 5.41) is 8.82. The van der Waals surface area contributed by atoms with E-state index in [9.17, 15) is 4.79 Å². The van der Waals surface area contributed by atoms with Gasteiger partial charge >= 0.3 is 5.97 Å². The molecular formula is C15H28O4. The molecule has 0 bridgehead atoms. The highest BCUT2D eigenvalue weighted by Gasteiger charge is 2.33. The molecule has 1 aliphatic rings. The van der Waals surface area contributed by atoms with Crippen LogP contribution in [0.2, 0.25) is 0 Å². The van der Waals surface area contributed by atoms with Crippen LogP contribution in [0.15, 0.2) is 0 Å². The van der Waals surface area contributed by atoms with E-state index < -0.39 is 0 Å². The number of hydrogen-bond acceptors (Lipinski definition) is 4. The minimum atomic E-state index is -0.144. The zero-order valence-corrected chi connectivity index (χ0v) is 12.3.